The van der Waals surface area contributed by atoms with Crippen LogP contribution < -0.4 is 9.47 Å². The minimum Gasteiger partial charge on any atom is -0.495 e. The van der Waals surface area contributed by atoms with Crippen LogP contribution in [0, 0.1) is 0 Å². The van der Waals surface area contributed by atoms with Crippen molar-refractivity contribution in [2.45, 2.75) is 0 Å². The van der Waals surface area contributed by atoms with Crippen LogP contribution in [0.15, 0.2) is 28.9 Å². The van der Waals surface area contributed by atoms with Gasteiger partial charge < -0.3 is 19.0 Å². The van der Waals surface area contributed by atoms with E-state index in [0.717, 1.165) is 10.8 Å². The molecule has 2 heterocycles. The quantitative estimate of drug-likeness (QED) is 0.790. The SMILES string of the molecule is COc1c2cnccc2c(OC)c2oc(C(=O)O)cc12. The highest BCUT2D eigenvalue weighted by atomic mass is 16.5. The van der Waals surface area contributed by atoms with Gasteiger partial charge in [-0.2, -0.15) is 0 Å². The molecule has 6 nitrogen and oxygen atoms in total. The number of fused-ring (bicyclic) bond motifs is 2. The lowest BCUT2D eigenvalue weighted by molar-refractivity contribution is 0.0665. The Balaban J connectivity index is 2.54. The van der Waals surface area contributed by atoms with E-state index in [1.807, 2.05) is 0 Å². The lowest BCUT2D eigenvalue weighted by atomic mass is 10.1. The maximum absolute atomic E-state index is 11.1. The van der Waals surface area contributed by atoms with Crippen LogP contribution in [-0.4, -0.2) is 30.3 Å². The number of pyridine rings is 1. The van der Waals surface area contributed by atoms with E-state index in [0.29, 0.717) is 22.5 Å². The Hall–Kier alpha value is -2.76. The number of hydrogen-bond donors (Lipinski definition) is 1. The van der Waals surface area contributed by atoms with E-state index in [-0.39, 0.29) is 5.76 Å². The Morgan fingerprint density at radius 3 is 2.60 bits per heavy atom. The van der Waals surface area contributed by atoms with Gasteiger partial charge in [0.1, 0.15) is 5.75 Å². The second kappa shape index (κ2) is 4.41. The maximum atomic E-state index is 11.1. The van der Waals surface area contributed by atoms with Crippen molar-refractivity contribution in [2.75, 3.05) is 14.2 Å². The topological polar surface area (TPSA) is 81.8 Å². The first kappa shape index (κ1) is 12.3. The maximum Gasteiger partial charge on any atom is 0.371 e. The summed E-state index contributed by atoms with van der Waals surface area (Å²) in [5.74, 6) is -0.335. The Morgan fingerprint density at radius 1 is 1.20 bits per heavy atom. The molecule has 0 saturated heterocycles. The first-order valence-electron chi connectivity index (χ1n) is 5.82. The number of methoxy groups -OCH3 is 2. The molecular weight excluding hydrogens is 262 g/mol. The minimum absolute atomic E-state index is 0.167. The van der Waals surface area contributed by atoms with Gasteiger partial charge in [0, 0.05) is 29.2 Å². The highest BCUT2D eigenvalue weighted by Crippen LogP contribution is 2.43. The Morgan fingerprint density at radius 2 is 1.95 bits per heavy atom. The van der Waals surface area contributed by atoms with Crippen LogP contribution in [0.1, 0.15) is 10.6 Å². The van der Waals surface area contributed by atoms with Crippen molar-refractivity contribution in [3.05, 3.63) is 30.3 Å². The predicted molar refractivity (Wildman–Crippen MR) is 71.6 cm³/mol. The summed E-state index contributed by atoms with van der Waals surface area (Å²) in [6, 6.07) is 3.19. The Kier molecular flexibility index (Phi) is 2.71. The number of aromatic nitrogens is 1. The lowest BCUT2D eigenvalue weighted by Gasteiger charge is -2.10. The summed E-state index contributed by atoms with van der Waals surface area (Å²) in [4.78, 5) is 15.1. The van der Waals surface area contributed by atoms with Crippen molar-refractivity contribution in [1.82, 2.24) is 4.98 Å². The molecule has 0 atom stereocenters. The molecule has 102 valence electrons. The fourth-order valence-electron chi connectivity index (χ4n) is 2.30. The van der Waals surface area contributed by atoms with Gasteiger partial charge in [-0.25, -0.2) is 4.79 Å². The van der Waals surface area contributed by atoms with Gasteiger partial charge in [-0.1, -0.05) is 0 Å². The van der Waals surface area contributed by atoms with Crippen molar-refractivity contribution in [2.24, 2.45) is 0 Å². The molecule has 0 fully saturated rings. The average Bonchev–Trinajstić information content (AvgIpc) is 2.89. The van der Waals surface area contributed by atoms with Crippen LogP contribution >= 0.6 is 0 Å². The number of ether oxygens (including phenoxy) is 2. The lowest BCUT2D eigenvalue weighted by Crippen LogP contribution is -1.91. The average molecular weight is 273 g/mol. The molecule has 3 rings (SSSR count). The summed E-state index contributed by atoms with van der Waals surface area (Å²) in [6.45, 7) is 0. The zero-order valence-corrected chi connectivity index (χ0v) is 10.8. The molecule has 3 aromatic rings. The number of hydrogen-bond acceptors (Lipinski definition) is 5. The predicted octanol–water partition coefficient (Wildman–Crippen LogP) is 2.70. The second-order valence-electron chi connectivity index (χ2n) is 4.15. The molecule has 0 unspecified atom stereocenters. The van der Waals surface area contributed by atoms with Gasteiger partial charge in [-0.3, -0.25) is 4.98 Å². The molecule has 0 saturated carbocycles. The van der Waals surface area contributed by atoms with Gasteiger partial charge in [0.05, 0.1) is 19.6 Å². The standard InChI is InChI=1S/C14H11NO5/c1-18-11-8-5-10(14(16)17)20-13(8)12(19-2)7-3-4-15-6-9(7)11/h3-6H,1-2H3,(H,16,17). The van der Waals surface area contributed by atoms with Crippen LogP contribution in [0.5, 0.6) is 11.5 Å². The normalized spacial score (nSPS) is 10.9. The van der Waals surface area contributed by atoms with Crippen LogP contribution in [0.2, 0.25) is 0 Å². The fourth-order valence-corrected chi connectivity index (χ4v) is 2.30. The Bertz CT molecular complexity index is 761. The van der Waals surface area contributed by atoms with E-state index >= 15 is 0 Å². The highest BCUT2D eigenvalue weighted by Gasteiger charge is 2.21. The smallest absolute Gasteiger partial charge is 0.371 e. The number of nitrogens with zero attached hydrogens (tertiary/aromatic N) is 1. The first-order chi connectivity index (χ1) is 9.67. The third kappa shape index (κ3) is 1.58. The number of benzene rings is 1. The number of furan rings is 1. The van der Waals surface area contributed by atoms with E-state index in [1.54, 1.807) is 18.5 Å². The van der Waals surface area contributed by atoms with E-state index in [9.17, 15) is 4.79 Å². The monoisotopic (exact) mass is 273 g/mol. The van der Waals surface area contributed by atoms with Crippen molar-refractivity contribution in [3.8, 4) is 11.5 Å². The summed E-state index contributed by atoms with van der Waals surface area (Å²) in [5.41, 5.74) is 0.348. The number of rotatable bonds is 3. The van der Waals surface area contributed by atoms with Gasteiger partial charge in [0.2, 0.25) is 5.76 Å². The van der Waals surface area contributed by atoms with E-state index in [1.165, 1.54) is 20.3 Å². The number of aromatic carboxylic acids is 1. The second-order valence-corrected chi connectivity index (χ2v) is 4.15. The molecule has 0 bridgehead atoms. The summed E-state index contributed by atoms with van der Waals surface area (Å²) in [7, 11) is 3.02. The molecule has 2 aromatic heterocycles. The van der Waals surface area contributed by atoms with Gasteiger partial charge in [0.15, 0.2) is 11.3 Å². The number of carbonyl (C=O) groups is 1. The van der Waals surface area contributed by atoms with Crippen molar-refractivity contribution in [1.29, 1.82) is 0 Å². The third-order valence-corrected chi connectivity index (χ3v) is 3.11. The summed E-state index contributed by atoms with van der Waals surface area (Å²) in [6.07, 6.45) is 3.26. The molecule has 20 heavy (non-hydrogen) atoms. The van der Waals surface area contributed by atoms with Gasteiger partial charge in [-0.05, 0) is 6.07 Å². The first-order valence-corrected chi connectivity index (χ1v) is 5.82. The van der Waals surface area contributed by atoms with Crippen molar-refractivity contribution >= 4 is 27.7 Å². The van der Waals surface area contributed by atoms with Crippen LogP contribution in [0.3, 0.4) is 0 Å². The third-order valence-electron chi connectivity index (χ3n) is 3.11. The summed E-state index contributed by atoms with van der Waals surface area (Å²) < 4.78 is 16.1. The molecule has 0 aliphatic rings. The number of carboxylic acids is 1. The number of carboxylic acid groups (broad SMARTS) is 1. The minimum atomic E-state index is -1.15. The largest absolute Gasteiger partial charge is 0.495 e. The highest BCUT2D eigenvalue weighted by molar-refractivity contribution is 6.10. The molecular formula is C14H11NO5. The van der Waals surface area contributed by atoms with Crippen LogP contribution in [0.4, 0.5) is 0 Å². The Labute approximate surface area is 113 Å². The molecule has 1 aromatic carbocycles. The van der Waals surface area contributed by atoms with E-state index in [2.05, 4.69) is 4.98 Å². The van der Waals surface area contributed by atoms with Crippen LogP contribution in [-0.2, 0) is 0 Å². The summed E-state index contributed by atoms with van der Waals surface area (Å²) >= 11 is 0. The van der Waals surface area contributed by atoms with Crippen molar-refractivity contribution in [3.63, 3.8) is 0 Å². The van der Waals surface area contributed by atoms with Crippen molar-refractivity contribution < 1.29 is 23.8 Å². The molecule has 0 amide bonds. The zero-order valence-electron chi connectivity index (χ0n) is 10.8. The van der Waals surface area contributed by atoms with Gasteiger partial charge in [-0.15, -0.1) is 0 Å². The van der Waals surface area contributed by atoms with E-state index < -0.39 is 5.97 Å². The summed E-state index contributed by atoms with van der Waals surface area (Å²) in [5, 5.41) is 11.1. The fraction of sp³-hybridized carbons (Fsp3) is 0.143. The molecule has 0 aliphatic carbocycles. The van der Waals surface area contributed by atoms with E-state index in [4.69, 9.17) is 19.0 Å². The van der Waals surface area contributed by atoms with Crippen LogP contribution in [0.25, 0.3) is 21.7 Å². The molecule has 0 spiro atoms. The molecule has 1 N–H and O–H groups in total. The van der Waals surface area contributed by atoms with Gasteiger partial charge in [0.25, 0.3) is 0 Å². The molecule has 0 radical (unpaired) electrons. The van der Waals surface area contributed by atoms with Gasteiger partial charge >= 0.3 is 5.97 Å². The zero-order chi connectivity index (χ0) is 14.3. The molecule has 6 heteroatoms. The molecule has 0 aliphatic heterocycles.